The summed E-state index contributed by atoms with van der Waals surface area (Å²) in [7, 11) is -1.40. The summed E-state index contributed by atoms with van der Waals surface area (Å²) in [6.07, 6.45) is 0.159. The number of carbonyl (C=O) groups is 3. The van der Waals surface area contributed by atoms with E-state index >= 15 is 0 Å². The molecule has 152 valence electrons. The first kappa shape index (κ1) is 22.3. The van der Waals surface area contributed by atoms with Gasteiger partial charge in [0.2, 0.25) is 12.7 Å². The molecule has 0 saturated heterocycles. The van der Waals surface area contributed by atoms with E-state index in [9.17, 15) is 19.4 Å². The van der Waals surface area contributed by atoms with E-state index in [-0.39, 0.29) is 33.7 Å². The van der Waals surface area contributed by atoms with Gasteiger partial charge in [-0.1, -0.05) is 23.2 Å². The van der Waals surface area contributed by atoms with Crippen LogP contribution in [0.2, 0.25) is 10.0 Å². The minimum absolute atomic E-state index is 0.00403. The van der Waals surface area contributed by atoms with Crippen molar-refractivity contribution in [1.82, 2.24) is 5.32 Å². The first-order chi connectivity index (χ1) is 12.9. The van der Waals surface area contributed by atoms with E-state index in [0.717, 1.165) is 0 Å². The summed E-state index contributed by atoms with van der Waals surface area (Å²) in [5.74, 6) is -2.56. The number of hydrogen-bond donors (Lipinski definition) is 2. The van der Waals surface area contributed by atoms with Crippen LogP contribution in [0.15, 0.2) is 6.07 Å². The van der Waals surface area contributed by atoms with Crippen molar-refractivity contribution in [2.75, 3.05) is 6.79 Å². The predicted molar refractivity (Wildman–Crippen MR) is 102 cm³/mol. The Balaban J connectivity index is 2.23. The fraction of sp³-hybridized carbons (Fsp3) is 0.471. The zero-order valence-corrected chi connectivity index (χ0v) is 17.3. The van der Waals surface area contributed by atoms with Gasteiger partial charge in [0.1, 0.15) is 11.3 Å². The molecule has 1 aromatic carbocycles. The van der Waals surface area contributed by atoms with Crippen LogP contribution in [0.3, 0.4) is 0 Å². The van der Waals surface area contributed by atoms with Crippen LogP contribution in [-0.4, -0.2) is 42.7 Å². The fourth-order valence-electron chi connectivity index (χ4n) is 2.48. The highest BCUT2D eigenvalue weighted by Crippen LogP contribution is 2.39. The van der Waals surface area contributed by atoms with Gasteiger partial charge >= 0.3 is 19.1 Å². The molecule has 0 spiro atoms. The smallest absolute Gasteiger partial charge is 0.534 e. The third-order valence-corrected chi connectivity index (χ3v) is 4.64. The maximum atomic E-state index is 12.5. The highest BCUT2D eigenvalue weighted by Gasteiger charge is 2.39. The van der Waals surface area contributed by atoms with Crippen molar-refractivity contribution in [3.63, 3.8) is 0 Å². The number of rotatable bonds is 4. The topological polar surface area (TPSA) is 111 Å². The first-order valence-corrected chi connectivity index (χ1v) is 9.14. The van der Waals surface area contributed by atoms with Crippen LogP contribution < -0.4 is 9.97 Å². The van der Waals surface area contributed by atoms with E-state index in [4.69, 9.17) is 37.3 Å². The van der Waals surface area contributed by atoms with Gasteiger partial charge in [-0.15, -0.1) is 0 Å². The normalized spacial score (nSPS) is 16.0. The molecule has 2 rings (SSSR count). The van der Waals surface area contributed by atoms with Gasteiger partial charge < -0.3 is 24.5 Å². The van der Waals surface area contributed by atoms with Crippen LogP contribution in [0.1, 0.15) is 43.6 Å². The molecule has 0 aromatic heterocycles. The van der Waals surface area contributed by atoms with E-state index in [1.54, 1.807) is 20.8 Å². The molecule has 1 amide bonds. The quantitative estimate of drug-likeness (QED) is 0.426. The zero-order valence-electron chi connectivity index (χ0n) is 15.8. The second kappa shape index (κ2) is 8.59. The van der Waals surface area contributed by atoms with Crippen LogP contribution in [0, 0.1) is 5.41 Å². The molecule has 1 aromatic rings. The van der Waals surface area contributed by atoms with Crippen LogP contribution >= 0.6 is 23.2 Å². The molecule has 0 aliphatic carbocycles. The molecule has 1 heterocycles. The molecule has 8 nitrogen and oxygen atoms in total. The van der Waals surface area contributed by atoms with E-state index in [2.05, 4.69) is 5.32 Å². The minimum Gasteiger partial charge on any atom is -0.534 e. The summed E-state index contributed by atoms with van der Waals surface area (Å²) >= 11 is 12.2. The molecular weight excluding hydrogens is 412 g/mol. The summed E-state index contributed by atoms with van der Waals surface area (Å²) in [6, 6.07) is 1.48. The lowest BCUT2D eigenvalue weighted by molar-refractivity contribution is -0.161. The molecule has 0 saturated carbocycles. The molecule has 1 aliphatic rings. The van der Waals surface area contributed by atoms with Crippen molar-refractivity contribution in [3.05, 3.63) is 27.2 Å². The number of ether oxygens (including phenoxy) is 2. The molecule has 0 bridgehead atoms. The largest absolute Gasteiger partial charge is 0.547 e. The Morgan fingerprint density at radius 1 is 1.32 bits per heavy atom. The number of carbonyl (C=O) groups excluding carboxylic acids is 3. The Labute approximate surface area is 172 Å². The summed E-state index contributed by atoms with van der Waals surface area (Å²) in [4.78, 5) is 35.5. The maximum Gasteiger partial charge on any atom is 0.547 e. The molecule has 0 radical (unpaired) electrons. The Hall–Kier alpha value is -1.97. The van der Waals surface area contributed by atoms with Gasteiger partial charge in [-0.05, 0) is 38.8 Å². The van der Waals surface area contributed by atoms with E-state index < -0.39 is 37.2 Å². The summed E-state index contributed by atoms with van der Waals surface area (Å²) in [5.41, 5.74) is -0.501. The molecule has 28 heavy (non-hydrogen) atoms. The lowest BCUT2D eigenvalue weighted by Crippen LogP contribution is -2.52. The van der Waals surface area contributed by atoms with E-state index in [1.165, 1.54) is 13.0 Å². The van der Waals surface area contributed by atoms with Crippen molar-refractivity contribution in [2.24, 2.45) is 5.41 Å². The van der Waals surface area contributed by atoms with Gasteiger partial charge in [0.25, 0.3) is 0 Å². The number of amides is 1. The number of hydrogen-bond acceptors (Lipinski definition) is 7. The molecule has 1 atom stereocenters. The second-order valence-corrected chi connectivity index (χ2v) is 8.07. The standard InChI is InChI=1S/C17H20BCl2NO7/c1-8(22)21-11-6-9-5-10(19)13(20)12(14(9)28-18(11)25)15(23)26-7-27-16(24)17(2,3)4/h5,11,25H,6-7H2,1-4H3,(H,21,22). The van der Waals surface area contributed by atoms with Crippen LogP contribution in [-0.2, 0) is 25.5 Å². The van der Waals surface area contributed by atoms with Crippen molar-refractivity contribution >= 4 is 48.2 Å². The third kappa shape index (κ3) is 5.09. The minimum atomic E-state index is -1.40. The highest BCUT2D eigenvalue weighted by atomic mass is 35.5. The van der Waals surface area contributed by atoms with Gasteiger partial charge in [0.05, 0.1) is 21.4 Å². The Bertz CT molecular complexity index is 810. The molecule has 0 fully saturated rings. The average molecular weight is 432 g/mol. The zero-order chi connectivity index (χ0) is 21.2. The Kier molecular flexibility index (Phi) is 6.85. The number of esters is 2. The van der Waals surface area contributed by atoms with E-state index in [1.807, 2.05) is 0 Å². The fourth-order valence-corrected chi connectivity index (χ4v) is 2.92. The summed E-state index contributed by atoms with van der Waals surface area (Å²) in [6.45, 7) is 5.65. The van der Waals surface area contributed by atoms with Crippen molar-refractivity contribution < 1.29 is 33.5 Å². The molecule has 1 aliphatic heterocycles. The van der Waals surface area contributed by atoms with Crippen molar-refractivity contribution in [2.45, 2.75) is 40.1 Å². The van der Waals surface area contributed by atoms with Gasteiger partial charge in [-0.2, -0.15) is 0 Å². The lowest BCUT2D eigenvalue weighted by Gasteiger charge is -2.29. The first-order valence-electron chi connectivity index (χ1n) is 8.39. The highest BCUT2D eigenvalue weighted by molar-refractivity contribution is 6.48. The number of halogens is 2. The SMILES string of the molecule is CC(=O)NC1Cc2cc(Cl)c(Cl)c(C(=O)OCOC(=O)C(C)(C)C)c2OB1O. The van der Waals surface area contributed by atoms with Crippen LogP contribution in [0.25, 0.3) is 0 Å². The van der Waals surface area contributed by atoms with Gasteiger partial charge in [-0.3, -0.25) is 9.59 Å². The van der Waals surface area contributed by atoms with Crippen LogP contribution in [0.4, 0.5) is 0 Å². The summed E-state index contributed by atoms with van der Waals surface area (Å²) < 4.78 is 15.3. The third-order valence-electron chi connectivity index (χ3n) is 3.86. The van der Waals surface area contributed by atoms with E-state index in [0.29, 0.717) is 5.56 Å². The molecule has 11 heteroatoms. The Morgan fingerprint density at radius 2 is 1.96 bits per heavy atom. The monoisotopic (exact) mass is 431 g/mol. The molecular formula is C17H20BCl2NO7. The van der Waals surface area contributed by atoms with Crippen LogP contribution in [0.5, 0.6) is 5.75 Å². The molecule has 1 unspecified atom stereocenters. The predicted octanol–water partition coefficient (Wildman–Crippen LogP) is 2.16. The lowest BCUT2D eigenvalue weighted by atomic mass is 9.72. The number of nitrogens with one attached hydrogen (secondary N) is 1. The summed E-state index contributed by atoms with van der Waals surface area (Å²) in [5, 5.41) is 12.6. The van der Waals surface area contributed by atoms with Gasteiger partial charge in [-0.25, -0.2) is 4.79 Å². The average Bonchev–Trinajstić information content (AvgIpc) is 2.56. The van der Waals surface area contributed by atoms with Crippen molar-refractivity contribution in [1.29, 1.82) is 0 Å². The Morgan fingerprint density at radius 3 is 2.54 bits per heavy atom. The van der Waals surface area contributed by atoms with Gasteiger partial charge in [0.15, 0.2) is 0 Å². The van der Waals surface area contributed by atoms with Gasteiger partial charge in [0, 0.05) is 6.92 Å². The number of fused-ring (bicyclic) bond motifs is 1. The molecule has 2 N–H and O–H groups in total. The maximum absolute atomic E-state index is 12.5. The van der Waals surface area contributed by atoms with Crippen molar-refractivity contribution in [3.8, 4) is 5.75 Å². The second-order valence-electron chi connectivity index (χ2n) is 7.29. The number of benzene rings is 1.